The zero-order valence-electron chi connectivity index (χ0n) is 12.9. The monoisotopic (exact) mass is 328 g/mol. The summed E-state index contributed by atoms with van der Waals surface area (Å²) < 4.78 is 14.4. The number of hydrogen-bond donors (Lipinski definition) is 2. The van der Waals surface area contributed by atoms with Crippen molar-refractivity contribution in [2.75, 3.05) is 26.2 Å². The molecular formula is C17H26ClFN2O. The standard InChI is InChI=1S/C17H25FN2O.ClH/c18-16-12-14(21)6-7-15(16)17(13-4-2-1-3-5-13)20-10-8-19-9-11-20;/h6-7,12-13,17,19,21H,1-5,8-11H2;1H/t17-;/m1./s1. The molecule has 0 spiro atoms. The minimum absolute atomic E-state index is 0. The number of piperazine rings is 1. The van der Waals surface area contributed by atoms with Crippen molar-refractivity contribution >= 4 is 12.4 Å². The van der Waals surface area contributed by atoms with Gasteiger partial charge in [0.2, 0.25) is 0 Å². The largest absolute Gasteiger partial charge is 0.508 e. The lowest BCUT2D eigenvalue weighted by atomic mass is 9.80. The van der Waals surface area contributed by atoms with Gasteiger partial charge in [0, 0.05) is 43.9 Å². The summed E-state index contributed by atoms with van der Waals surface area (Å²) in [7, 11) is 0. The minimum atomic E-state index is -0.260. The molecule has 3 rings (SSSR count). The summed E-state index contributed by atoms with van der Waals surface area (Å²) in [4.78, 5) is 2.43. The lowest BCUT2D eigenvalue weighted by Gasteiger charge is -2.41. The summed E-state index contributed by atoms with van der Waals surface area (Å²) >= 11 is 0. The Bertz CT molecular complexity index is 456. The van der Waals surface area contributed by atoms with E-state index in [2.05, 4.69) is 10.2 Å². The van der Waals surface area contributed by atoms with Gasteiger partial charge in [-0.25, -0.2) is 4.39 Å². The summed E-state index contributed by atoms with van der Waals surface area (Å²) in [6.45, 7) is 3.90. The molecule has 0 aromatic heterocycles. The lowest BCUT2D eigenvalue weighted by Crippen LogP contribution is -2.47. The van der Waals surface area contributed by atoms with Crippen molar-refractivity contribution in [3.05, 3.63) is 29.6 Å². The van der Waals surface area contributed by atoms with E-state index in [9.17, 15) is 9.50 Å². The van der Waals surface area contributed by atoms with Crippen LogP contribution in [-0.4, -0.2) is 36.2 Å². The summed E-state index contributed by atoms with van der Waals surface area (Å²) in [6, 6.07) is 4.82. The van der Waals surface area contributed by atoms with Crippen LogP contribution in [-0.2, 0) is 0 Å². The highest BCUT2D eigenvalue weighted by atomic mass is 35.5. The molecule has 0 radical (unpaired) electrons. The fraction of sp³-hybridized carbons (Fsp3) is 0.647. The van der Waals surface area contributed by atoms with Crippen LogP contribution in [0.15, 0.2) is 18.2 Å². The van der Waals surface area contributed by atoms with Crippen LogP contribution in [0, 0.1) is 11.7 Å². The molecule has 22 heavy (non-hydrogen) atoms. The van der Waals surface area contributed by atoms with E-state index in [-0.39, 0.29) is 30.0 Å². The molecule has 1 atom stereocenters. The van der Waals surface area contributed by atoms with Gasteiger partial charge in [-0.3, -0.25) is 4.90 Å². The van der Waals surface area contributed by atoms with Gasteiger partial charge in [-0.15, -0.1) is 12.4 Å². The van der Waals surface area contributed by atoms with E-state index in [1.165, 1.54) is 38.2 Å². The Morgan fingerprint density at radius 3 is 2.45 bits per heavy atom. The maximum Gasteiger partial charge on any atom is 0.131 e. The number of nitrogens with zero attached hydrogens (tertiary/aromatic N) is 1. The maximum atomic E-state index is 14.4. The Balaban J connectivity index is 0.00000176. The predicted octanol–water partition coefficient (Wildman–Crippen LogP) is 3.48. The molecule has 1 heterocycles. The van der Waals surface area contributed by atoms with Crippen LogP contribution in [0.5, 0.6) is 5.75 Å². The molecule has 1 saturated carbocycles. The summed E-state index contributed by atoms with van der Waals surface area (Å²) in [5.41, 5.74) is 0.765. The van der Waals surface area contributed by atoms with Gasteiger partial charge in [0.1, 0.15) is 11.6 Å². The Morgan fingerprint density at radius 1 is 1.14 bits per heavy atom. The molecule has 124 valence electrons. The van der Waals surface area contributed by atoms with E-state index in [0.29, 0.717) is 5.92 Å². The van der Waals surface area contributed by atoms with Crippen molar-refractivity contribution in [1.82, 2.24) is 10.2 Å². The maximum absolute atomic E-state index is 14.4. The van der Waals surface area contributed by atoms with Crippen molar-refractivity contribution in [2.45, 2.75) is 38.1 Å². The molecule has 1 aromatic carbocycles. The number of benzene rings is 1. The first kappa shape index (κ1) is 17.5. The summed E-state index contributed by atoms with van der Waals surface area (Å²) in [6.07, 6.45) is 6.20. The van der Waals surface area contributed by atoms with Gasteiger partial charge in [-0.2, -0.15) is 0 Å². The summed E-state index contributed by atoms with van der Waals surface area (Å²) in [5.74, 6) is 0.291. The Labute approximate surface area is 138 Å². The molecule has 0 amide bonds. The van der Waals surface area contributed by atoms with Crippen molar-refractivity contribution < 1.29 is 9.50 Å². The van der Waals surface area contributed by atoms with Gasteiger partial charge < -0.3 is 10.4 Å². The summed E-state index contributed by atoms with van der Waals surface area (Å²) in [5, 5.41) is 12.8. The fourth-order valence-corrected chi connectivity index (χ4v) is 3.91. The molecule has 1 aliphatic carbocycles. The SMILES string of the molecule is Cl.Oc1ccc([C@@H](C2CCCCC2)N2CCNCC2)c(F)c1. The van der Waals surface area contributed by atoms with Crippen molar-refractivity contribution in [3.8, 4) is 5.75 Å². The smallest absolute Gasteiger partial charge is 0.131 e. The van der Waals surface area contributed by atoms with Gasteiger partial charge in [0.05, 0.1) is 0 Å². The molecule has 3 nitrogen and oxygen atoms in total. The van der Waals surface area contributed by atoms with Gasteiger partial charge in [0.25, 0.3) is 0 Å². The van der Waals surface area contributed by atoms with Crippen molar-refractivity contribution in [1.29, 1.82) is 0 Å². The van der Waals surface area contributed by atoms with E-state index >= 15 is 0 Å². The van der Waals surface area contributed by atoms with Crippen LogP contribution in [0.25, 0.3) is 0 Å². The second-order valence-electron chi connectivity index (χ2n) is 6.33. The highest BCUT2D eigenvalue weighted by molar-refractivity contribution is 5.85. The predicted molar refractivity (Wildman–Crippen MR) is 89.1 cm³/mol. The van der Waals surface area contributed by atoms with Crippen LogP contribution in [0.3, 0.4) is 0 Å². The highest BCUT2D eigenvalue weighted by Gasteiger charge is 2.32. The van der Waals surface area contributed by atoms with E-state index in [1.807, 2.05) is 0 Å². The first-order valence-corrected chi connectivity index (χ1v) is 8.19. The number of phenols is 1. The van der Waals surface area contributed by atoms with E-state index in [4.69, 9.17) is 0 Å². The van der Waals surface area contributed by atoms with Crippen LogP contribution in [0.1, 0.15) is 43.7 Å². The molecule has 5 heteroatoms. The first-order chi connectivity index (χ1) is 10.3. The van der Waals surface area contributed by atoms with Gasteiger partial charge in [-0.05, 0) is 24.8 Å². The zero-order valence-corrected chi connectivity index (χ0v) is 13.7. The lowest BCUT2D eigenvalue weighted by molar-refractivity contribution is 0.100. The number of hydrogen-bond acceptors (Lipinski definition) is 3. The van der Waals surface area contributed by atoms with Crippen LogP contribution >= 0.6 is 12.4 Å². The van der Waals surface area contributed by atoms with Gasteiger partial charge in [0.15, 0.2) is 0 Å². The van der Waals surface area contributed by atoms with Crippen molar-refractivity contribution in [2.24, 2.45) is 5.92 Å². The van der Waals surface area contributed by atoms with E-state index in [1.54, 1.807) is 12.1 Å². The van der Waals surface area contributed by atoms with Gasteiger partial charge in [-0.1, -0.05) is 25.3 Å². The zero-order chi connectivity index (χ0) is 14.7. The quantitative estimate of drug-likeness (QED) is 0.891. The van der Waals surface area contributed by atoms with E-state index in [0.717, 1.165) is 31.7 Å². The molecule has 2 aliphatic rings. The molecule has 0 bridgehead atoms. The molecular weight excluding hydrogens is 303 g/mol. The second-order valence-corrected chi connectivity index (χ2v) is 6.33. The van der Waals surface area contributed by atoms with Crippen LogP contribution < -0.4 is 5.32 Å². The van der Waals surface area contributed by atoms with Gasteiger partial charge >= 0.3 is 0 Å². The van der Waals surface area contributed by atoms with Crippen LogP contribution in [0.2, 0.25) is 0 Å². The minimum Gasteiger partial charge on any atom is -0.508 e. The first-order valence-electron chi connectivity index (χ1n) is 8.19. The van der Waals surface area contributed by atoms with Crippen LogP contribution in [0.4, 0.5) is 4.39 Å². The molecule has 1 aliphatic heterocycles. The normalized spacial score (nSPS) is 22.0. The average molecular weight is 329 g/mol. The van der Waals surface area contributed by atoms with Crippen molar-refractivity contribution in [3.63, 3.8) is 0 Å². The van der Waals surface area contributed by atoms with E-state index < -0.39 is 0 Å². The average Bonchev–Trinajstić information content (AvgIpc) is 2.52. The third kappa shape index (κ3) is 3.92. The number of nitrogens with one attached hydrogen (secondary N) is 1. The molecule has 1 aromatic rings. The number of halogens is 2. The Kier molecular flexibility index (Phi) is 6.48. The molecule has 0 unspecified atom stereocenters. The molecule has 2 N–H and O–H groups in total. The number of rotatable bonds is 3. The third-order valence-corrected chi connectivity index (χ3v) is 4.94. The highest BCUT2D eigenvalue weighted by Crippen LogP contribution is 2.39. The Morgan fingerprint density at radius 2 is 1.82 bits per heavy atom. The second kappa shape index (κ2) is 8.14. The third-order valence-electron chi connectivity index (χ3n) is 4.94. The molecule has 1 saturated heterocycles. The fourth-order valence-electron chi connectivity index (χ4n) is 3.91. The topological polar surface area (TPSA) is 35.5 Å². The number of aromatic hydroxyl groups is 1. The Hall–Kier alpha value is -0.840. The molecule has 2 fully saturated rings. The number of phenolic OH excluding ortho intramolecular Hbond substituents is 1.